The quantitative estimate of drug-likeness (QED) is 0.871. The van der Waals surface area contributed by atoms with Crippen molar-refractivity contribution in [2.24, 2.45) is 5.14 Å². The van der Waals surface area contributed by atoms with Gasteiger partial charge in [-0.15, -0.1) is 0 Å². The zero-order valence-corrected chi connectivity index (χ0v) is 12.1. The van der Waals surface area contributed by atoms with Gasteiger partial charge in [0.1, 0.15) is 0 Å². The van der Waals surface area contributed by atoms with Crippen LogP contribution in [0.15, 0.2) is 28.8 Å². The van der Waals surface area contributed by atoms with E-state index in [9.17, 15) is 8.42 Å². The van der Waals surface area contributed by atoms with Crippen molar-refractivity contribution in [1.82, 2.24) is 10.1 Å². The Morgan fingerprint density at radius 2 is 1.95 bits per heavy atom. The minimum Gasteiger partial charge on any atom is -0.339 e. The van der Waals surface area contributed by atoms with E-state index in [1.54, 1.807) is 0 Å². The molecule has 2 rings (SSSR count). The number of nitrogens with zero attached hydrogens (tertiary/aromatic N) is 2. The summed E-state index contributed by atoms with van der Waals surface area (Å²) in [6.45, 7) is 2.09. The summed E-state index contributed by atoms with van der Waals surface area (Å²) < 4.78 is 26.7. The fraction of sp³-hybridized carbons (Fsp3) is 0.385. The van der Waals surface area contributed by atoms with Gasteiger partial charge in [-0.3, -0.25) is 0 Å². The van der Waals surface area contributed by atoms with Crippen molar-refractivity contribution in [3.8, 4) is 11.4 Å². The van der Waals surface area contributed by atoms with Gasteiger partial charge in [0.05, 0.1) is 5.75 Å². The van der Waals surface area contributed by atoms with Gasteiger partial charge < -0.3 is 4.52 Å². The Morgan fingerprint density at radius 1 is 1.25 bits per heavy atom. The molecule has 1 heterocycles. The molecule has 20 heavy (non-hydrogen) atoms. The number of rotatable bonds is 6. The molecule has 6 nitrogen and oxygen atoms in total. The van der Waals surface area contributed by atoms with E-state index in [1.165, 1.54) is 5.56 Å². The van der Waals surface area contributed by atoms with E-state index >= 15 is 0 Å². The van der Waals surface area contributed by atoms with Crippen LogP contribution in [0.2, 0.25) is 0 Å². The van der Waals surface area contributed by atoms with Gasteiger partial charge in [0, 0.05) is 12.0 Å². The highest BCUT2D eigenvalue weighted by Crippen LogP contribution is 2.17. The molecule has 2 N–H and O–H groups in total. The van der Waals surface area contributed by atoms with Gasteiger partial charge in [0.15, 0.2) is 0 Å². The number of aromatic nitrogens is 2. The molecule has 0 fully saturated rings. The van der Waals surface area contributed by atoms with Crippen LogP contribution in [0.3, 0.4) is 0 Å². The van der Waals surface area contributed by atoms with E-state index in [2.05, 4.69) is 17.1 Å². The highest BCUT2D eigenvalue weighted by molar-refractivity contribution is 7.89. The molecule has 0 saturated carbocycles. The van der Waals surface area contributed by atoms with Crippen molar-refractivity contribution in [2.75, 3.05) is 5.75 Å². The fourth-order valence-corrected chi connectivity index (χ4v) is 2.33. The lowest BCUT2D eigenvalue weighted by Crippen LogP contribution is -2.16. The topological polar surface area (TPSA) is 99.1 Å². The molecule has 1 aromatic heterocycles. The maximum absolute atomic E-state index is 10.8. The number of hydrogen-bond acceptors (Lipinski definition) is 5. The molecule has 0 unspecified atom stereocenters. The average Bonchev–Trinajstić information content (AvgIpc) is 2.86. The van der Waals surface area contributed by atoms with Crippen LogP contribution in [-0.2, 0) is 22.9 Å². The van der Waals surface area contributed by atoms with Crippen molar-refractivity contribution in [3.05, 3.63) is 35.7 Å². The standard InChI is InChI=1S/C13H17N3O3S/c1-2-10-5-7-11(8-6-10)13-15-12(19-16-13)4-3-9-20(14,17)18/h5-8H,2-4,9H2,1H3,(H2,14,17,18). The first kappa shape index (κ1) is 14.7. The predicted octanol–water partition coefficient (Wildman–Crippen LogP) is 1.52. The highest BCUT2D eigenvalue weighted by atomic mass is 32.2. The summed E-state index contributed by atoms with van der Waals surface area (Å²) in [6, 6.07) is 7.92. The van der Waals surface area contributed by atoms with Crippen LogP contribution in [0.1, 0.15) is 24.8 Å². The second-order valence-corrected chi connectivity index (χ2v) is 6.27. The molecule has 0 bridgehead atoms. The van der Waals surface area contributed by atoms with Crippen LogP contribution in [0, 0.1) is 0 Å². The molecule has 0 aliphatic carbocycles. The van der Waals surface area contributed by atoms with Crippen molar-refractivity contribution < 1.29 is 12.9 Å². The maximum Gasteiger partial charge on any atom is 0.226 e. The highest BCUT2D eigenvalue weighted by Gasteiger charge is 2.10. The lowest BCUT2D eigenvalue weighted by Gasteiger charge is -1.97. The minimum absolute atomic E-state index is 0.0874. The summed E-state index contributed by atoms with van der Waals surface area (Å²) in [5, 5.41) is 8.82. The largest absolute Gasteiger partial charge is 0.339 e. The lowest BCUT2D eigenvalue weighted by molar-refractivity contribution is 0.378. The Labute approximate surface area is 118 Å². The summed E-state index contributed by atoms with van der Waals surface area (Å²) in [7, 11) is -3.44. The third-order valence-electron chi connectivity index (χ3n) is 2.91. The van der Waals surface area contributed by atoms with E-state index in [1.807, 2.05) is 24.3 Å². The molecule has 0 radical (unpaired) electrons. The monoisotopic (exact) mass is 295 g/mol. The first-order valence-corrected chi connectivity index (χ1v) is 8.12. The summed E-state index contributed by atoms with van der Waals surface area (Å²) in [6.07, 6.45) is 1.75. The van der Waals surface area contributed by atoms with Crippen LogP contribution in [0.25, 0.3) is 11.4 Å². The van der Waals surface area contributed by atoms with Crippen molar-refractivity contribution >= 4 is 10.0 Å². The molecular formula is C13H17N3O3S. The minimum atomic E-state index is -3.44. The maximum atomic E-state index is 10.8. The Bertz CT molecular complexity index is 662. The van der Waals surface area contributed by atoms with E-state index in [0.717, 1.165) is 12.0 Å². The number of primary sulfonamides is 1. The van der Waals surface area contributed by atoms with Crippen LogP contribution < -0.4 is 5.14 Å². The summed E-state index contributed by atoms with van der Waals surface area (Å²) >= 11 is 0. The molecule has 108 valence electrons. The third-order valence-corrected chi connectivity index (χ3v) is 3.77. The number of aryl methyl sites for hydroxylation is 2. The van der Waals surface area contributed by atoms with E-state index in [4.69, 9.17) is 9.66 Å². The molecule has 1 aromatic carbocycles. The summed E-state index contributed by atoms with van der Waals surface area (Å²) in [5.74, 6) is 0.845. The van der Waals surface area contributed by atoms with Crippen LogP contribution in [0.4, 0.5) is 0 Å². The van der Waals surface area contributed by atoms with E-state index in [-0.39, 0.29) is 5.75 Å². The Hall–Kier alpha value is -1.73. The molecule has 0 amide bonds. The smallest absolute Gasteiger partial charge is 0.226 e. The number of sulfonamides is 1. The molecule has 7 heteroatoms. The van der Waals surface area contributed by atoms with E-state index in [0.29, 0.717) is 24.6 Å². The SMILES string of the molecule is CCc1ccc(-c2noc(CCCS(N)(=O)=O)n2)cc1. The van der Waals surface area contributed by atoms with Crippen molar-refractivity contribution in [1.29, 1.82) is 0 Å². The molecule has 0 atom stereocenters. The average molecular weight is 295 g/mol. The van der Waals surface area contributed by atoms with Crippen LogP contribution in [0.5, 0.6) is 0 Å². The van der Waals surface area contributed by atoms with Gasteiger partial charge in [-0.1, -0.05) is 36.3 Å². The zero-order chi connectivity index (χ0) is 14.6. The second-order valence-electron chi connectivity index (χ2n) is 4.53. The Kier molecular flexibility index (Phi) is 4.51. The Balaban J connectivity index is 2.01. The summed E-state index contributed by atoms with van der Waals surface area (Å²) in [5.41, 5.74) is 2.12. The zero-order valence-electron chi connectivity index (χ0n) is 11.2. The molecular weight excluding hydrogens is 278 g/mol. The van der Waals surface area contributed by atoms with Crippen LogP contribution in [-0.4, -0.2) is 24.3 Å². The van der Waals surface area contributed by atoms with Crippen molar-refractivity contribution in [2.45, 2.75) is 26.2 Å². The third kappa shape index (κ3) is 4.14. The van der Waals surface area contributed by atoms with Crippen LogP contribution >= 0.6 is 0 Å². The first-order chi connectivity index (χ1) is 9.48. The molecule has 0 spiro atoms. The Morgan fingerprint density at radius 3 is 2.55 bits per heavy atom. The normalized spacial score (nSPS) is 11.7. The number of hydrogen-bond donors (Lipinski definition) is 1. The number of nitrogens with two attached hydrogens (primary N) is 1. The van der Waals surface area contributed by atoms with E-state index < -0.39 is 10.0 Å². The summed E-state index contributed by atoms with van der Waals surface area (Å²) in [4.78, 5) is 4.24. The van der Waals surface area contributed by atoms with Crippen molar-refractivity contribution in [3.63, 3.8) is 0 Å². The number of benzene rings is 1. The first-order valence-electron chi connectivity index (χ1n) is 6.40. The molecule has 0 aliphatic rings. The van der Waals surface area contributed by atoms with Gasteiger partial charge >= 0.3 is 0 Å². The predicted molar refractivity (Wildman–Crippen MR) is 75.4 cm³/mol. The fourth-order valence-electron chi connectivity index (χ4n) is 1.79. The van der Waals surface area contributed by atoms with Gasteiger partial charge in [-0.2, -0.15) is 4.98 Å². The van der Waals surface area contributed by atoms with Gasteiger partial charge in [0.2, 0.25) is 21.7 Å². The molecule has 2 aromatic rings. The second kappa shape index (κ2) is 6.15. The van der Waals surface area contributed by atoms with Gasteiger partial charge in [0.25, 0.3) is 0 Å². The van der Waals surface area contributed by atoms with Gasteiger partial charge in [-0.25, -0.2) is 13.6 Å². The van der Waals surface area contributed by atoms with Gasteiger partial charge in [-0.05, 0) is 18.4 Å². The molecule has 0 aliphatic heterocycles. The molecule has 0 saturated heterocycles. The lowest BCUT2D eigenvalue weighted by atomic mass is 10.1.